The molecule has 0 unspecified atom stereocenters. The van der Waals surface area contributed by atoms with Crippen molar-refractivity contribution in [2.45, 2.75) is 46.1 Å². The molecule has 0 radical (unpaired) electrons. The predicted molar refractivity (Wildman–Crippen MR) is 127 cm³/mol. The minimum atomic E-state index is -0.405. The van der Waals surface area contributed by atoms with Gasteiger partial charge in [0.05, 0.1) is 11.7 Å². The van der Waals surface area contributed by atoms with Crippen LogP contribution >= 0.6 is 0 Å². The van der Waals surface area contributed by atoms with Crippen LogP contribution in [0.1, 0.15) is 51.0 Å². The first-order valence-corrected chi connectivity index (χ1v) is 11.1. The van der Waals surface area contributed by atoms with E-state index in [0.29, 0.717) is 29.1 Å². The van der Waals surface area contributed by atoms with Gasteiger partial charge in [-0.25, -0.2) is 9.97 Å². The summed E-state index contributed by atoms with van der Waals surface area (Å²) in [6.07, 6.45) is 2.39. The highest BCUT2D eigenvalue weighted by molar-refractivity contribution is 5.92. The number of aromatic nitrogens is 4. The van der Waals surface area contributed by atoms with Crippen LogP contribution in [-0.2, 0) is 16.0 Å². The number of fused-ring (bicyclic) bond motifs is 1. The Bertz CT molecular complexity index is 1210. The molecule has 3 rings (SSSR count). The Hall–Kier alpha value is -3.62. The lowest BCUT2D eigenvalue weighted by Gasteiger charge is -2.25. The summed E-state index contributed by atoms with van der Waals surface area (Å²) in [5.41, 5.74) is 1.60. The molecule has 0 saturated carbocycles. The zero-order chi connectivity index (χ0) is 24.1. The molecular formula is C24H30N6O3. The van der Waals surface area contributed by atoms with Crippen LogP contribution in [0.4, 0.5) is 5.82 Å². The highest BCUT2D eigenvalue weighted by atomic mass is 16.2. The molecule has 3 aromatic heterocycles. The Balaban J connectivity index is 2.29. The Morgan fingerprint density at radius 2 is 1.91 bits per heavy atom. The maximum Gasteiger partial charge on any atom is 0.274 e. The third-order valence-electron chi connectivity index (χ3n) is 5.58. The second kappa shape index (κ2) is 10.3. The quantitative estimate of drug-likeness (QED) is 0.565. The fourth-order valence-corrected chi connectivity index (χ4v) is 3.78. The predicted octanol–water partition coefficient (Wildman–Crippen LogP) is 2.48. The van der Waals surface area contributed by atoms with Gasteiger partial charge in [0.2, 0.25) is 11.8 Å². The molecule has 0 aliphatic rings. The van der Waals surface area contributed by atoms with E-state index in [1.54, 1.807) is 43.9 Å². The molecular weight excluding hydrogens is 420 g/mol. The molecule has 0 aliphatic carbocycles. The molecule has 0 bridgehead atoms. The molecule has 3 heterocycles. The standard InChI is InChI=1S/C24H30N6O3/c1-6-21(32)29(5)19-12-10-17-23(28-19)30(22(15(2)3)16-9-7-8-14-26-16)24(33)18(27-17)11-13-20(31)25-4/h7-10,12,14-15,22H,6,11,13H2,1-5H3,(H,25,31)/t22-/m0/s1. The number of carbonyl (C=O) groups is 2. The average molecular weight is 451 g/mol. The van der Waals surface area contributed by atoms with Gasteiger partial charge in [-0.2, -0.15) is 0 Å². The van der Waals surface area contributed by atoms with Crippen molar-refractivity contribution in [3.05, 3.63) is 58.3 Å². The molecule has 0 aromatic carbocycles. The van der Waals surface area contributed by atoms with Gasteiger partial charge in [0.25, 0.3) is 5.56 Å². The number of hydrogen-bond acceptors (Lipinski definition) is 6. The molecule has 0 saturated heterocycles. The van der Waals surface area contributed by atoms with Gasteiger partial charge >= 0.3 is 0 Å². The van der Waals surface area contributed by atoms with Crippen molar-refractivity contribution in [3.8, 4) is 0 Å². The molecule has 1 N–H and O–H groups in total. The topological polar surface area (TPSA) is 110 Å². The zero-order valence-electron chi connectivity index (χ0n) is 19.7. The van der Waals surface area contributed by atoms with Gasteiger partial charge in [0.15, 0.2) is 5.65 Å². The summed E-state index contributed by atoms with van der Waals surface area (Å²) >= 11 is 0. The second-order valence-corrected chi connectivity index (χ2v) is 8.17. The van der Waals surface area contributed by atoms with Gasteiger partial charge in [-0.3, -0.25) is 28.8 Å². The second-order valence-electron chi connectivity index (χ2n) is 8.17. The number of hydrogen-bond donors (Lipinski definition) is 1. The fraction of sp³-hybridized carbons (Fsp3) is 0.417. The Labute approximate surface area is 192 Å². The Kier molecular flexibility index (Phi) is 7.52. The van der Waals surface area contributed by atoms with E-state index in [-0.39, 0.29) is 36.1 Å². The van der Waals surface area contributed by atoms with Crippen LogP contribution in [0.15, 0.2) is 41.3 Å². The number of rotatable bonds is 8. The molecule has 0 aliphatic heterocycles. The van der Waals surface area contributed by atoms with Crippen LogP contribution in [-0.4, -0.2) is 45.4 Å². The van der Waals surface area contributed by atoms with Crippen LogP contribution < -0.4 is 15.8 Å². The first-order valence-electron chi connectivity index (χ1n) is 11.1. The van der Waals surface area contributed by atoms with Crippen LogP contribution in [0.25, 0.3) is 11.2 Å². The highest BCUT2D eigenvalue weighted by Gasteiger charge is 2.26. The van der Waals surface area contributed by atoms with Gasteiger partial charge in [-0.15, -0.1) is 0 Å². The fourth-order valence-electron chi connectivity index (χ4n) is 3.78. The van der Waals surface area contributed by atoms with Crippen LogP contribution in [0.2, 0.25) is 0 Å². The van der Waals surface area contributed by atoms with Gasteiger partial charge in [-0.1, -0.05) is 26.8 Å². The first kappa shape index (κ1) is 24.0. The van der Waals surface area contributed by atoms with Gasteiger partial charge in [0.1, 0.15) is 17.0 Å². The number of pyridine rings is 2. The Morgan fingerprint density at radius 1 is 1.15 bits per heavy atom. The summed E-state index contributed by atoms with van der Waals surface area (Å²) in [5.74, 6) is 0.193. The molecule has 0 spiro atoms. The lowest BCUT2D eigenvalue weighted by molar-refractivity contribution is -0.120. The largest absolute Gasteiger partial charge is 0.359 e. The van der Waals surface area contributed by atoms with Gasteiger partial charge in [-0.05, 0) is 30.2 Å². The summed E-state index contributed by atoms with van der Waals surface area (Å²) < 4.78 is 1.61. The van der Waals surface area contributed by atoms with Crippen molar-refractivity contribution >= 4 is 28.8 Å². The minimum Gasteiger partial charge on any atom is -0.359 e. The molecule has 9 nitrogen and oxygen atoms in total. The lowest BCUT2D eigenvalue weighted by atomic mass is 9.99. The molecule has 3 aromatic rings. The SMILES string of the molecule is CCC(=O)N(C)c1ccc2nc(CCC(=O)NC)c(=O)n([C@H](c3ccccn3)C(C)C)c2n1. The number of carbonyl (C=O) groups excluding carboxylic acids is 2. The van der Waals surface area contributed by atoms with E-state index in [1.807, 2.05) is 32.0 Å². The van der Waals surface area contributed by atoms with Crippen LogP contribution in [0.3, 0.4) is 0 Å². The van der Waals surface area contributed by atoms with Crippen LogP contribution in [0.5, 0.6) is 0 Å². The maximum atomic E-state index is 13.7. The number of anilines is 1. The van der Waals surface area contributed by atoms with Crippen LogP contribution in [0, 0.1) is 5.92 Å². The number of nitrogens with one attached hydrogen (secondary N) is 1. The summed E-state index contributed by atoms with van der Waals surface area (Å²) in [6.45, 7) is 5.81. The van der Waals surface area contributed by atoms with E-state index in [0.717, 1.165) is 5.69 Å². The third-order valence-corrected chi connectivity index (χ3v) is 5.58. The number of aryl methyl sites for hydroxylation is 1. The molecule has 0 fully saturated rings. The third kappa shape index (κ3) is 5.08. The monoisotopic (exact) mass is 450 g/mol. The van der Waals surface area contributed by atoms with E-state index >= 15 is 0 Å². The highest BCUT2D eigenvalue weighted by Crippen LogP contribution is 2.27. The summed E-state index contributed by atoms with van der Waals surface area (Å²) in [6, 6.07) is 8.65. The van der Waals surface area contributed by atoms with E-state index in [1.165, 1.54) is 4.90 Å². The molecule has 9 heteroatoms. The van der Waals surface area contributed by atoms with Crippen molar-refractivity contribution in [3.63, 3.8) is 0 Å². The molecule has 1 atom stereocenters. The van der Waals surface area contributed by atoms with Crippen molar-refractivity contribution in [1.29, 1.82) is 0 Å². The summed E-state index contributed by atoms with van der Waals surface area (Å²) in [4.78, 5) is 53.0. The van der Waals surface area contributed by atoms with Gasteiger partial charge in [0, 0.05) is 39.6 Å². The Morgan fingerprint density at radius 3 is 2.52 bits per heavy atom. The van der Waals surface area contributed by atoms with Gasteiger partial charge < -0.3 is 5.32 Å². The smallest absolute Gasteiger partial charge is 0.274 e. The average Bonchev–Trinajstić information content (AvgIpc) is 2.83. The zero-order valence-corrected chi connectivity index (χ0v) is 19.7. The lowest BCUT2D eigenvalue weighted by Crippen LogP contribution is -2.34. The van der Waals surface area contributed by atoms with Crippen molar-refractivity contribution in [1.82, 2.24) is 24.8 Å². The molecule has 174 valence electrons. The normalized spacial score (nSPS) is 12.1. The summed E-state index contributed by atoms with van der Waals surface area (Å²) in [5, 5.41) is 2.57. The summed E-state index contributed by atoms with van der Waals surface area (Å²) in [7, 11) is 3.22. The van der Waals surface area contributed by atoms with E-state index < -0.39 is 6.04 Å². The number of amides is 2. The number of nitrogens with zero attached hydrogens (tertiary/aromatic N) is 5. The maximum absolute atomic E-state index is 13.7. The van der Waals surface area contributed by atoms with E-state index in [2.05, 4.69) is 20.3 Å². The molecule has 2 amide bonds. The first-order chi connectivity index (χ1) is 15.8. The molecule has 33 heavy (non-hydrogen) atoms. The van der Waals surface area contributed by atoms with Crippen molar-refractivity contribution < 1.29 is 9.59 Å². The van der Waals surface area contributed by atoms with E-state index in [9.17, 15) is 14.4 Å². The van der Waals surface area contributed by atoms with Crippen molar-refractivity contribution in [2.75, 3.05) is 19.0 Å². The minimum absolute atomic E-state index is 0.00968. The van der Waals surface area contributed by atoms with Crippen molar-refractivity contribution in [2.24, 2.45) is 5.92 Å². The van der Waals surface area contributed by atoms with E-state index in [4.69, 9.17) is 0 Å².